The molecule has 168 valence electrons. The third kappa shape index (κ3) is 5.35. The first-order valence-electron chi connectivity index (χ1n) is 8.69. The monoisotopic (exact) mass is 475 g/mol. The zero-order chi connectivity index (χ0) is 23.8. The highest BCUT2D eigenvalue weighted by molar-refractivity contribution is 8.02. The van der Waals surface area contributed by atoms with Gasteiger partial charge in [0.2, 0.25) is 6.61 Å². The smallest absolute Gasteiger partial charge is 0.418 e. The Hall–Kier alpha value is -2.21. The summed E-state index contributed by atoms with van der Waals surface area (Å²) in [7, 11) is 0.00312. The van der Waals surface area contributed by atoms with Crippen LogP contribution in [0.25, 0.3) is 0 Å². The van der Waals surface area contributed by atoms with E-state index in [0.29, 0.717) is 5.06 Å². The van der Waals surface area contributed by atoms with E-state index < -0.39 is 57.0 Å². The second-order valence-electron chi connectivity index (χ2n) is 7.78. The molecule has 3 atom stereocenters. The van der Waals surface area contributed by atoms with Crippen LogP contribution in [-0.2, 0) is 33.9 Å². The SMILES string of the molecule is BC(B)(B)[C@]1(C)C(NC(=O)/C(=N\OCC(=O)O)C2=CSC(N)N2)C(=O)N1OS(=O)(=O)O. The summed E-state index contributed by atoms with van der Waals surface area (Å²) in [6.45, 7) is 0.641. The van der Waals surface area contributed by atoms with Crippen molar-refractivity contribution in [1.82, 2.24) is 15.7 Å². The van der Waals surface area contributed by atoms with Gasteiger partial charge >= 0.3 is 16.4 Å². The van der Waals surface area contributed by atoms with E-state index in [-0.39, 0.29) is 11.4 Å². The number of carboxylic acid groups (broad SMARTS) is 1. The number of rotatable bonds is 9. The van der Waals surface area contributed by atoms with Crippen LogP contribution < -0.4 is 16.4 Å². The van der Waals surface area contributed by atoms with E-state index in [4.69, 9.17) is 15.4 Å². The molecule has 0 spiro atoms. The van der Waals surface area contributed by atoms with Crippen LogP contribution in [0, 0.1) is 0 Å². The summed E-state index contributed by atoms with van der Waals surface area (Å²) in [4.78, 5) is 40.8. The van der Waals surface area contributed by atoms with Gasteiger partial charge in [-0.2, -0.15) is 13.5 Å². The van der Waals surface area contributed by atoms with Crippen molar-refractivity contribution in [2.24, 2.45) is 10.9 Å². The molecule has 0 aliphatic carbocycles. The Morgan fingerprint density at radius 1 is 1.48 bits per heavy atom. The molecule has 0 bridgehead atoms. The topological polar surface area (TPSA) is 210 Å². The Balaban J connectivity index is 2.31. The molecule has 0 saturated carbocycles. The molecule has 19 heteroatoms. The van der Waals surface area contributed by atoms with Gasteiger partial charge < -0.3 is 26.3 Å². The average Bonchev–Trinajstić information content (AvgIpc) is 3.04. The number of oxime groups is 1. The number of carboxylic acids is 1. The summed E-state index contributed by atoms with van der Waals surface area (Å²) in [6.07, 6.45) is 0. The molecule has 2 amide bonds. The minimum absolute atomic E-state index is 0.135. The molecule has 6 N–H and O–H groups in total. The van der Waals surface area contributed by atoms with Crippen molar-refractivity contribution in [3.8, 4) is 0 Å². The molecule has 2 aliphatic heterocycles. The van der Waals surface area contributed by atoms with Gasteiger partial charge in [0.15, 0.2) is 5.71 Å². The first kappa shape index (κ1) is 25.1. The first-order chi connectivity index (χ1) is 14.1. The van der Waals surface area contributed by atoms with Crippen LogP contribution in [-0.4, -0.2) is 93.9 Å². The van der Waals surface area contributed by atoms with Crippen molar-refractivity contribution in [3.63, 3.8) is 0 Å². The van der Waals surface area contributed by atoms with Gasteiger partial charge in [0, 0.05) is 5.41 Å². The van der Waals surface area contributed by atoms with Crippen LogP contribution in [0.1, 0.15) is 6.92 Å². The summed E-state index contributed by atoms with van der Waals surface area (Å²) >= 11 is 1.12. The predicted octanol–water partition coefficient (Wildman–Crippen LogP) is -5.34. The summed E-state index contributed by atoms with van der Waals surface area (Å²) in [5, 5.41) is 18.5. The van der Waals surface area contributed by atoms with Crippen molar-refractivity contribution in [3.05, 3.63) is 11.1 Å². The number of nitrogens with two attached hydrogens (primary N) is 1. The van der Waals surface area contributed by atoms with Crippen molar-refractivity contribution >= 4 is 69.2 Å². The fraction of sp³-hybridized carbons (Fsp3) is 0.500. The van der Waals surface area contributed by atoms with E-state index >= 15 is 0 Å². The number of carbonyl (C=O) groups excluding carboxylic acids is 2. The molecule has 0 aromatic carbocycles. The second kappa shape index (κ2) is 8.74. The molecular weight excluding hydrogens is 455 g/mol. The number of amides is 2. The fourth-order valence-electron chi connectivity index (χ4n) is 2.84. The molecule has 0 aromatic heterocycles. The van der Waals surface area contributed by atoms with Crippen LogP contribution in [0.5, 0.6) is 0 Å². The molecule has 2 unspecified atom stereocenters. The standard InChI is InChI=1S/C12H20B3N5O9S2/c1-11(12(13,14)15)7(9(24)20(11)29-31(25,26)27)18-8(23)6(19-28-2-5(21)22)4-3-30-10(16)17-4/h3,7,10,17H,2,13-16H2,1H3,(H,18,23)(H,21,22)(H,25,26,27)/b19-6-/t7?,10?,11-/m0/s1. The van der Waals surface area contributed by atoms with Gasteiger partial charge in [0.25, 0.3) is 11.8 Å². The van der Waals surface area contributed by atoms with Gasteiger partial charge in [-0.05, 0) is 6.92 Å². The number of hydrogen-bond donors (Lipinski definition) is 5. The van der Waals surface area contributed by atoms with Gasteiger partial charge in [-0.1, -0.05) is 22.0 Å². The molecule has 14 nitrogen and oxygen atoms in total. The van der Waals surface area contributed by atoms with Crippen molar-refractivity contribution in [2.45, 2.75) is 29.1 Å². The number of carbonyl (C=O) groups is 3. The van der Waals surface area contributed by atoms with E-state index in [9.17, 15) is 22.8 Å². The van der Waals surface area contributed by atoms with Crippen LogP contribution in [0.3, 0.4) is 0 Å². The highest BCUT2D eigenvalue weighted by Gasteiger charge is 2.65. The maximum Gasteiger partial charge on any atom is 0.418 e. The van der Waals surface area contributed by atoms with Crippen molar-refractivity contribution in [1.29, 1.82) is 0 Å². The molecule has 2 aliphatic rings. The molecule has 1 saturated heterocycles. The quantitative estimate of drug-likeness (QED) is 0.0697. The molecule has 31 heavy (non-hydrogen) atoms. The number of hydrogen-bond acceptors (Lipinski definition) is 11. The van der Waals surface area contributed by atoms with E-state index in [1.165, 1.54) is 12.3 Å². The normalized spacial score (nSPS) is 26.5. The maximum atomic E-state index is 12.9. The number of aliphatic carboxylic acids is 1. The number of thioether (sulfide) groups is 1. The highest BCUT2D eigenvalue weighted by atomic mass is 32.3. The molecule has 0 radical (unpaired) electrons. The highest BCUT2D eigenvalue weighted by Crippen LogP contribution is 2.45. The van der Waals surface area contributed by atoms with E-state index in [2.05, 4.69) is 24.9 Å². The number of β-lactam (4-membered cyclic amide) rings is 1. The Kier molecular flexibility index (Phi) is 7.06. The third-order valence-electron chi connectivity index (χ3n) is 4.84. The van der Waals surface area contributed by atoms with Gasteiger partial charge in [0.1, 0.15) is 11.5 Å². The zero-order valence-electron chi connectivity index (χ0n) is 17.0. The summed E-state index contributed by atoms with van der Waals surface area (Å²) < 4.78 is 35.7. The Morgan fingerprint density at radius 2 is 2.10 bits per heavy atom. The van der Waals surface area contributed by atoms with Gasteiger partial charge in [-0.15, -0.1) is 4.28 Å². The molecule has 2 heterocycles. The van der Waals surface area contributed by atoms with Gasteiger partial charge in [0.05, 0.1) is 34.8 Å². The third-order valence-corrected chi connectivity index (χ3v) is 5.96. The average molecular weight is 475 g/mol. The Bertz CT molecular complexity index is 954. The van der Waals surface area contributed by atoms with Gasteiger partial charge in [-0.25, -0.2) is 4.79 Å². The molecular formula is C12H20B3N5O9S2. The molecule has 0 aromatic rings. The summed E-state index contributed by atoms with van der Waals surface area (Å²) in [6, 6.07) is -1.27. The van der Waals surface area contributed by atoms with Crippen molar-refractivity contribution in [2.75, 3.05) is 6.61 Å². The first-order valence-corrected chi connectivity index (χ1v) is 11.0. The lowest BCUT2D eigenvalue weighted by Gasteiger charge is -2.59. The van der Waals surface area contributed by atoms with Crippen LogP contribution in [0.2, 0.25) is 5.11 Å². The van der Waals surface area contributed by atoms with Crippen LogP contribution in [0.15, 0.2) is 16.3 Å². The van der Waals surface area contributed by atoms with Crippen LogP contribution >= 0.6 is 11.8 Å². The molecule has 1 fully saturated rings. The van der Waals surface area contributed by atoms with Crippen molar-refractivity contribution < 1.29 is 41.6 Å². The molecule has 2 rings (SSSR count). The second-order valence-corrected chi connectivity index (χ2v) is 9.80. The lowest BCUT2D eigenvalue weighted by molar-refractivity contribution is -0.222. The largest absolute Gasteiger partial charge is 0.479 e. The number of nitrogens with one attached hydrogen (secondary N) is 2. The van der Waals surface area contributed by atoms with Crippen LogP contribution in [0.4, 0.5) is 0 Å². The number of nitrogens with zero attached hydrogens (tertiary/aromatic N) is 2. The summed E-state index contributed by atoms with van der Waals surface area (Å²) in [5.74, 6) is -3.18. The maximum absolute atomic E-state index is 12.9. The fourth-order valence-corrected chi connectivity index (χ4v) is 3.91. The zero-order valence-corrected chi connectivity index (χ0v) is 18.6. The lowest BCUT2D eigenvalue weighted by atomic mass is 9.33. The Labute approximate surface area is 184 Å². The van der Waals surface area contributed by atoms with E-state index in [0.717, 1.165) is 11.8 Å². The Morgan fingerprint density at radius 3 is 2.55 bits per heavy atom. The van der Waals surface area contributed by atoms with Gasteiger partial charge in [-0.3, -0.25) is 14.1 Å². The summed E-state index contributed by atoms with van der Waals surface area (Å²) in [5.41, 5.74) is 3.47. The van der Waals surface area contributed by atoms with E-state index in [1.807, 2.05) is 0 Å². The lowest BCUT2D eigenvalue weighted by Crippen LogP contribution is -2.82. The van der Waals surface area contributed by atoms with E-state index in [1.54, 1.807) is 23.5 Å². The minimum atomic E-state index is -5.00. The number of hydroxylamine groups is 2. The minimum Gasteiger partial charge on any atom is -0.479 e. The predicted molar refractivity (Wildman–Crippen MR) is 116 cm³/mol.